The first kappa shape index (κ1) is 9.64. The number of aliphatic hydroxyl groups excluding tert-OH is 1. The zero-order valence-electron chi connectivity index (χ0n) is 8.18. The summed E-state index contributed by atoms with van der Waals surface area (Å²) in [6.07, 6.45) is 0.171. The molecule has 1 aliphatic heterocycles. The largest absolute Gasteiger partial charge is 0.385 e. The third-order valence-electron chi connectivity index (χ3n) is 2.54. The molecule has 5 nitrogen and oxygen atoms in total. The Hall–Kier alpha value is -0.910. The fraction of sp³-hybridized carbons (Fsp3) is 0.667. The summed E-state index contributed by atoms with van der Waals surface area (Å²) in [6.45, 7) is 1.25. The van der Waals surface area contributed by atoms with E-state index in [1.165, 1.54) is 0 Å². The molecule has 1 aromatic heterocycles. The molecule has 5 heteroatoms. The van der Waals surface area contributed by atoms with Crippen LogP contribution in [0.1, 0.15) is 23.9 Å². The first-order valence-electron chi connectivity index (χ1n) is 4.71. The molecule has 0 spiro atoms. The topological polar surface area (TPSA) is 73.3 Å². The predicted octanol–water partition coefficient (Wildman–Crippen LogP) is -0.206. The van der Waals surface area contributed by atoms with Crippen molar-refractivity contribution in [2.45, 2.75) is 31.7 Å². The maximum absolute atomic E-state index is 9.78. The van der Waals surface area contributed by atoms with Gasteiger partial charge in [-0.15, -0.1) is 0 Å². The smallest absolute Gasteiger partial charge is 0.111 e. The minimum atomic E-state index is -0.596. The molecule has 0 amide bonds. The van der Waals surface area contributed by atoms with Crippen molar-refractivity contribution in [1.29, 1.82) is 0 Å². The lowest BCUT2D eigenvalue weighted by molar-refractivity contribution is 0.112. The van der Waals surface area contributed by atoms with E-state index in [1.54, 1.807) is 7.11 Å². The van der Waals surface area contributed by atoms with Gasteiger partial charge in [0, 0.05) is 19.7 Å². The molecule has 2 heterocycles. The number of aryl methyl sites for hydroxylation is 1. The molecule has 2 atom stereocenters. The van der Waals surface area contributed by atoms with Crippen molar-refractivity contribution in [3.63, 3.8) is 0 Å². The van der Waals surface area contributed by atoms with E-state index in [0.29, 0.717) is 6.61 Å². The molecule has 0 aliphatic carbocycles. The van der Waals surface area contributed by atoms with Gasteiger partial charge in [0.1, 0.15) is 6.10 Å². The van der Waals surface area contributed by atoms with E-state index in [9.17, 15) is 5.11 Å². The number of ether oxygens (including phenoxy) is 1. The van der Waals surface area contributed by atoms with Crippen molar-refractivity contribution in [1.82, 2.24) is 9.78 Å². The highest BCUT2D eigenvalue weighted by Gasteiger charge is 2.26. The van der Waals surface area contributed by atoms with Crippen molar-refractivity contribution in [2.75, 3.05) is 7.11 Å². The second-order valence-electron chi connectivity index (χ2n) is 3.61. The molecule has 0 saturated heterocycles. The van der Waals surface area contributed by atoms with Gasteiger partial charge in [-0.3, -0.25) is 4.68 Å². The number of aromatic nitrogens is 2. The van der Waals surface area contributed by atoms with E-state index in [2.05, 4.69) is 5.10 Å². The molecule has 0 saturated carbocycles. The highest BCUT2D eigenvalue weighted by Crippen LogP contribution is 2.24. The minimum Gasteiger partial charge on any atom is -0.385 e. The third-order valence-corrected chi connectivity index (χ3v) is 2.54. The average molecular weight is 197 g/mol. The molecule has 0 bridgehead atoms. The fourth-order valence-electron chi connectivity index (χ4n) is 1.77. The standard InChI is InChI=1S/C9H15N3O2/c1-14-5-6-4-8-9(13)7(10)2-3-12(8)11-6/h4,7,9,13H,2-3,5,10H2,1H3/t7-,9+/m1/s1. The van der Waals surface area contributed by atoms with Gasteiger partial charge in [0.25, 0.3) is 0 Å². The zero-order valence-corrected chi connectivity index (χ0v) is 8.18. The summed E-state index contributed by atoms with van der Waals surface area (Å²) >= 11 is 0. The average Bonchev–Trinajstić information content (AvgIpc) is 2.56. The van der Waals surface area contributed by atoms with Crippen LogP contribution in [0, 0.1) is 0 Å². The molecule has 0 radical (unpaired) electrons. The Labute approximate surface area is 82.5 Å². The van der Waals surface area contributed by atoms with Crippen LogP contribution in [0.3, 0.4) is 0 Å². The van der Waals surface area contributed by atoms with Crippen LogP contribution in [0.2, 0.25) is 0 Å². The van der Waals surface area contributed by atoms with Gasteiger partial charge in [-0.1, -0.05) is 0 Å². The summed E-state index contributed by atoms with van der Waals surface area (Å²) < 4.78 is 6.79. The highest BCUT2D eigenvalue weighted by molar-refractivity contribution is 5.15. The molecule has 0 aromatic carbocycles. The monoisotopic (exact) mass is 197 g/mol. The molecule has 1 aliphatic rings. The van der Waals surface area contributed by atoms with Crippen molar-refractivity contribution >= 4 is 0 Å². The van der Waals surface area contributed by atoms with Gasteiger partial charge in [0.15, 0.2) is 0 Å². The van der Waals surface area contributed by atoms with Crippen LogP contribution in [-0.4, -0.2) is 28.0 Å². The van der Waals surface area contributed by atoms with E-state index >= 15 is 0 Å². The Bertz CT molecular complexity index is 324. The van der Waals surface area contributed by atoms with E-state index in [0.717, 1.165) is 24.4 Å². The normalized spacial score (nSPS) is 26.2. The van der Waals surface area contributed by atoms with Gasteiger partial charge in [-0.25, -0.2) is 0 Å². The molecule has 78 valence electrons. The second kappa shape index (κ2) is 3.68. The minimum absolute atomic E-state index is 0.172. The van der Waals surface area contributed by atoms with E-state index < -0.39 is 6.10 Å². The van der Waals surface area contributed by atoms with Gasteiger partial charge < -0.3 is 15.6 Å². The van der Waals surface area contributed by atoms with Crippen LogP contribution in [-0.2, 0) is 17.9 Å². The SMILES string of the molecule is COCc1cc2n(n1)CC[C@@H](N)[C@@H]2O. The van der Waals surface area contributed by atoms with Crippen molar-refractivity contribution in [2.24, 2.45) is 5.73 Å². The molecular formula is C9H15N3O2. The van der Waals surface area contributed by atoms with Gasteiger partial charge >= 0.3 is 0 Å². The number of hydrogen-bond donors (Lipinski definition) is 2. The van der Waals surface area contributed by atoms with Crippen LogP contribution < -0.4 is 5.73 Å². The molecule has 1 aromatic rings. The molecule has 14 heavy (non-hydrogen) atoms. The van der Waals surface area contributed by atoms with Crippen LogP contribution in [0.4, 0.5) is 0 Å². The molecular weight excluding hydrogens is 182 g/mol. The molecule has 2 rings (SSSR count). The lowest BCUT2D eigenvalue weighted by Crippen LogP contribution is -2.35. The van der Waals surface area contributed by atoms with Crippen LogP contribution in [0.25, 0.3) is 0 Å². The number of aliphatic hydroxyl groups is 1. The first-order valence-corrected chi connectivity index (χ1v) is 4.71. The number of fused-ring (bicyclic) bond motifs is 1. The summed E-state index contributed by atoms with van der Waals surface area (Å²) in [5.74, 6) is 0. The lowest BCUT2D eigenvalue weighted by atomic mass is 10.0. The summed E-state index contributed by atoms with van der Waals surface area (Å²) in [4.78, 5) is 0. The number of nitrogens with zero attached hydrogens (tertiary/aromatic N) is 2. The van der Waals surface area contributed by atoms with Gasteiger partial charge in [-0.05, 0) is 12.5 Å². The third kappa shape index (κ3) is 1.54. The Balaban J connectivity index is 2.27. The Morgan fingerprint density at radius 3 is 3.29 bits per heavy atom. The zero-order chi connectivity index (χ0) is 10.1. The van der Waals surface area contributed by atoms with Crippen LogP contribution >= 0.6 is 0 Å². The van der Waals surface area contributed by atoms with E-state index in [4.69, 9.17) is 10.5 Å². The molecule has 0 unspecified atom stereocenters. The first-order chi connectivity index (χ1) is 6.72. The van der Waals surface area contributed by atoms with Crippen LogP contribution in [0.15, 0.2) is 6.07 Å². The summed E-state index contributed by atoms with van der Waals surface area (Å²) in [6, 6.07) is 1.68. The van der Waals surface area contributed by atoms with E-state index in [-0.39, 0.29) is 6.04 Å². The highest BCUT2D eigenvalue weighted by atomic mass is 16.5. The Kier molecular flexibility index (Phi) is 2.54. The van der Waals surface area contributed by atoms with Crippen molar-refractivity contribution < 1.29 is 9.84 Å². The van der Waals surface area contributed by atoms with Crippen molar-refractivity contribution in [3.8, 4) is 0 Å². The second-order valence-corrected chi connectivity index (χ2v) is 3.61. The molecule has 0 fully saturated rings. The Morgan fingerprint density at radius 2 is 2.57 bits per heavy atom. The quantitative estimate of drug-likeness (QED) is 0.688. The molecule has 3 N–H and O–H groups in total. The van der Waals surface area contributed by atoms with Gasteiger partial charge in [0.05, 0.1) is 18.0 Å². The maximum Gasteiger partial charge on any atom is 0.111 e. The number of methoxy groups -OCH3 is 1. The van der Waals surface area contributed by atoms with Gasteiger partial charge in [-0.2, -0.15) is 5.10 Å². The summed E-state index contributed by atoms with van der Waals surface area (Å²) in [5.41, 5.74) is 7.40. The maximum atomic E-state index is 9.78. The van der Waals surface area contributed by atoms with Crippen molar-refractivity contribution in [3.05, 3.63) is 17.5 Å². The summed E-state index contributed by atoms with van der Waals surface area (Å²) in [5, 5.41) is 14.1. The summed E-state index contributed by atoms with van der Waals surface area (Å²) in [7, 11) is 1.63. The van der Waals surface area contributed by atoms with E-state index in [1.807, 2.05) is 10.7 Å². The van der Waals surface area contributed by atoms with Crippen LogP contribution in [0.5, 0.6) is 0 Å². The predicted molar refractivity (Wildman–Crippen MR) is 50.5 cm³/mol. The number of rotatable bonds is 2. The van der Waals surface area contributed by atoms with Gasteiger partial charge in [0.2, 0.25) is 0 Å². The Morgan fingerprint density at radius 1 is 1.79 bits per heavy atom. The fourth-order valence-corrected chi connectivity index (χ4v) is 1.77. The lowest BCUT2D eigenvalue weighted by Gasteiger charge is -2.25. The number of hydrogen-bond acceptors (Lipinski definition) is 4. The number of nitrogens with two attached hydrogens (primary N) is 1.